The van der Waals surface area contributed by atoms with Crippen LogP contribution in [0.4, 0.5) is 0 Å². The molecular weight excluding hydrogens is 216 g/mol. The van der Waals surface area contributed by atoms with Crippen molar-refractivity contribution in [3.63, 3.8) is 0 Å². The van der Waals surface area contributed by atoms with E-state index < -0.39 is 0 Å². The quantitative estimate of drug-likeness (QED) is 0.798. The summed E-state index contributed by atoms with van der Waals surface area (Å²) in [5.41, 5.74) is 3.63. The van der Waals surface area contributed by atoms with Gasteiger partial charge in [-0.3, -0.25) is 4.57 Å². The summed E-state index contributed by atoms with van der Waals surface area (Å²) in [6, 6.07) is 8.42. The molecule has 3 heteroatoms. The van der Waals surface area contributed by atoms with Gasteiger partial charge < -0.3 is 4.98 Å². The summed E-state index contributed by atoms with van der Waals surface area (Å²) in [5.74, 6) is 0. The molecule has 1 aromatic carbocycles. The molecule has 0 spiro atoms. The predicted octanol–water partition coefficient (Wildman–Crippen LogP) is 3.80. The van der Waals surface area contributed by atoms with Crippen LogP contribution >= 0.6 is 12.2 Å². The number of aromatic amines is 1. The third-order valence-corrected chi connectivity index (χ3v) is 2.91. The van der Waals surface area contributed by atoms with E-state index in [1.54, 1.807) is 0 Å². The molecule has 0 saturated heterocycles. The fourth-order valence-electron chi connectivity index (χ4n) is 1.92. The van der Waals surface area contributed by atoms with E-state index in [4.69, 9.17) is 12.2 Å². The first-order chi connectivity index (χ1) is 7.72. The lowest BCUT2D eigenvalue weighted by Gasteiger charge is -2.08. The Morgan fingerprint density at radius 3 is 2.69 bits per heavy atom. The summed E-state index contributed by atoms with van der Waals surface area (Å²) in [4.78, 5) is 3.15. The number of rotatable bonds is 3. The lowest BCUT2D eigenvalue weighted by Crippen LogP contribution is -1.98. The summed E-state index contributed by atoms with van der Waals surface area (Å²) in [6.45, 7) is 4.22. The van der Waals surface area contributed by atoms with Crippen LogP contribution in [0.2, 0.25) is 0 Å². The molecule has 2 rings (SSSR count). The Morgan fingerprint density at radius 2 is 2.06 bits per heavy atom. The van der Waals surface area contributed by atoms with Crippen LogP contribution in [0, 0.1) is 11.7 Å². The predicted molar refractivity (Wildman–Crippen MR) is 69.7 cm³/mol. The third-order valence-electron chi connectivity index (χ3n) is 2.62. The van der Waals surface area contributed by atoms with Crippen LogP contribution < -0.4 is 0 Å². The molecule has 16 heavy (non-hydrogen) atoms. The minimum atomic E-state index is 0.765. The first-order valence-corrected chi connectivity index (χ1v) is 5.99. The van der Waals surface area contributed by atoms with E-state index in [1.165, 1.54) is 11.3 Å². The average Bonchev–Trinajstić information content (AvgIpc) is 2.59. The topological polar surface area (TPSA) is 20.7 Å². The molecule has 0 unspecified atom stereocenters. The summed E-state index contributed by atoms with van der Waals surface area (Å²) in [5, 5.41) is 0. The van der Waals surface area contributed by atoms with Crippen molar-refractivity contribution in [3.8, 4) is 5.69 Å². The molecule has 0 amide bonds. The van der Waals surface area contributed by atoms with Crippen LogP contribution in [-0.4, -0.2) is 9.55 Å². The van der Waals surface area contributed by atoms with Crippen LogP contribution in [0.25, 0.3) is 5.69 Å². The second kappa shape index (κ2) is 4.66. The van der Waals surface area contributed by atoms with Crippen molar-refractivity contribution in [2.75, 3.05) is 0 Å². The average molecular weight is 232 g/mol. The van der Waals surface area contributed by atoms with Crippen LogP contribution in [0.3, 0.4) is 0 Å². The number of hydrogen-bond acceptors (Lipinski definition) is 1. The number of hydrogen-bond donors (Lipinski definition) is 1. The lowest BCUT2D eigenvalue weighted by molar-refractivity contribution is 0.895. The van der Waals surface area contributed by atoms with Crippen molar-refractivity contribution in [3.05, 3.63) is 46.5 Å². The molecule has 0 aliphatic heterocycles. The largest absolute Gasteiger partial charge is 0.335 e. The van der Waals surface area contributed by atoms with Gasteiger partial charge in [-0.1, -0.05) is 31.5 Å². The molecule has 2 nitrogen and oxygen atoms in total. The number of aryl methyl sites for hydroxylation is 2. The maximum Gasteiger partial charge on any atom is 0.181 e. The molecule has 0 fully saturated rings. The Morgan fingerprint density at radius 1 is 1.31 bits per heavy atom. The smallest absolute Gasteiger partial charge is 0.181 e. The van der Waals surface area contributed by atoms with Gasteiger partial charge in [0, 0.05) is 11.9 Å². The highest BCUT2D eigenvalue weighted by Crippen LogP contribution is 2.17. The monoisotopic (exact) mass is 232 g/mol. The van der Waals surface area contributed by atoms with Crippen LogP contribution in [0.5, 0.6) is 0 Å². The van der Waals surface area contributed by atoms with Gasteiger partial charge in [0.25, 0.3) is 0 Å². The van der Waals surface area contributed by atoms with E-state index >= 15 is 0 Å². The molecule has 0 aliphatic carbocycles. The Labute approximate surface area is 101 Å². The van der Waals surface area contributed by atoms with Crippen molar-refractivity contribution in [2.24, 2.45) is 0 Å². The highest BCUT2D eigenvalue weighted by molar-refractivity contribution is 7.71. The number of nitrogens with one attached hydrogen (secondary N) is 1. The van der Waals surface area contributed by atoms with Gasteiger partial charge >= 0.3 is 0 Å². The van der Waals surface area contributed by atoms with E-state index in [2.05, 4.69) is 46.9 Å². The Hall–Kier alpha value is -1.35. The minimum Gasteiger partial charge on any atom is -0.335 e. The molecular formula is C13H16N2S. The molecule has 0 atom stereocenters. The SMILES string of the molecule is CCCc1ccccc1-n1cc(C)[nH]c1=S. The van der Waals surface area contributed by atoms with Gasteiger partial charge in [0.05, 0.1) is 5.69 Å². The molecule has 1 aromatic heterocycles. The number of nitrogens with zero attached hydrogens (tertiary/aromatic N) is 1. The van der Waals surface area contributed by atoms with Crippen LogP contribution in [-0.2, 0) is 6.42 Å². The number of aromatic nitrogens is 2. The minimum absolute atomic E-state index is 0.765. The first kappa shape index (κ1) is 11.1. The van der Waals surface area contributed by atoms with Gasteiger partial charge in [-0.05, 0) is 37.2 Å². The number of H-pyrrole nitrogens is 1. The molecule has 1 heterocycles. The second-order valence-corrected chi connectivity index (χ2v) is 4.38. The molecule has 2 aromatic rings. The van der Waals surface area contributed by atoms with Crippen LogP contribution in [0.1, 0.15) is 24.6 Å². The Balaban J connectivity index is 2.55. The zero-order valence-corrected chi connectivity index (χ0v) is 10.5. The van der Waals surface area contributed by atoms with Gasteiger partial charge in [-0.15, -0.1) is 0 Å². The molecule has 0 saturated carbocycles. The number of imidazole rings is 1. The lowest BCUT2D eigenvalue weighted by atomic mass is 10.1. The summed E-state index contributed by atoms with van der Waals surface area (Å²) < 4.78 is 2.82. The Bertz CT molecular complexity index is 537. The van der Waals surface area contributed by atoms with Gasteiger partial charge in [0.1, 0.15) is 0 Å². The van der Waals surface area contributed by atoms with Gasteiger partial charge in [-0.2, -0.15) is 0 Å². The molecule has 0 aliphatic rings. The summed E-state index contributed by atoms with van der Waals surface area (Å²) in [6.07, 6.45) is 4.28. The maximum absolute atomic E-state index is 5.31. The summed E-state index contributed by atoms with van der Waals surface area (Å²) >= 11 is 5.31. The standard InChI is InChI=1S/C13H16N2S/c1-3-6-11-7-4-5-8-12(11)15-9-10(2)14-13(15)16/h4-5,7-9H,3,6H2,1-2H3,(H,14,16). The highest BCUT2D eigenvalue weighted by atomic mass is 32.1. The van der Waals surface area contributed by atoms with Gasteiger partial charge in [-0.25, -0.2) is 0 Å². The molecule has 1 N–H and O–H groups in total. The van der Waals surface area contributed by atoms with E-state index in [9.17, 15) is 0 Å². The highest BCUT2D eigenvalue weighted by Gasteiger charge is 2.04. The van der Waals surface area contributed by atoms with E-state index in [1.807, 2.05) is 6.92 Å². The first-order valence-electron chi connectivity index (χ1n) is 5.59. The van der Waals surface area contributed by atoms with Crippen molar-refractivity contribution in [2.45, 2.75) is 26.7 Å². The number of benzene rings is 1. The summed E-state index contributed by atoms with van der Waals surface area (Å²) in [7, 11) is 0. The maximum atomic E-state index is 5.31. The Kier molecular flexibility index (Phi) is 3.25. The second-order valence-electron chi connectivity index (χ2n) is 3.99. The molecule has 0 bridgehead atoms. The number of para-hydroxylation sites is 1. The zero-order chi connectivity index (χ0) is 11.5. The van der Waals surface area contributed by atoms with Crippen molar-refractivity contribution in [1.29, 1.82) is 0 Å². The van der Waals surface area contributed by atoms with Crippen molar-refractivity contribution < 1.29 is 0 Å². The normalized spacial score (nSPS) is 10.6. The fourth-order valence-corrected chi connectivity index (χ4v) is 2.23. The third kappa shape index (κ3) is 2.09. The van der Waals surface area contributed by atoms with Gasteiger partial charge in [0.2, 0.25) is 0 Å². The van der Waals surface area contributed by atoms with E-state index in [0.29, 0.717) is 0 Å². The van der Waals surface area contributed by atoms with E-state index in [-0.39, 0.29) is 0 Å². The van der Waals surface area contributed by atoms with E-state index in [0.717, 1.165) is 23.3 Å². The molecule has 0 radical (unpaired) electrons. The zero-order valence-electron chi connectivity index (χ0n) is 9.66. The van der Waals surface area contributed by atoms with Crippen molar-refractivity contribution >= 4 is 12.2 Å². The fraction of sp³-hybridized carbons (Fsp3) is 0.308. The van der Waals surface area contributed by atoms with Crippen molar-refractivity contribution in [1.82, 2.24) is 9.55 Å². The molecule has 84 valence electrons. The van der Waals surface area contributed by atoms with Gasteiger partial charge in [0.15, 0.2) is 4.77 Å². The van der Waals surface area contributed by atoms with Crippen LogP contribution in [0.15, 0.2) is 30.5 Å².